The minimum Gasteiger partial charge on any atom is -0.381 e. The Bertz CT molecular complexity index is 420. The number of benzene rings is 1. The van der Waals surface area contributed by atoms with Gasteiger partial charge < -0.3 is 5.11 Å². The van der Waals surface area contributed by atoms with E-state index in [1.54, 1.807) is 12.1 Å². The fourth-order valence-corrected chi connectivity index (χ4v) is 2.25. The van der Waals surface area contributed by atoms with Gasteiger partial charge in [0.2, 0.25) is 0 Å². The van der Waals surface area contributed by atoms with E-state index < -0.39 is 6.10 Å². The predicted molar refractivity (Wildman–Crippen MR) is 67.5 cm³/mol. The van der Waals surface area contributed by atoms with Crippen LogP contribution in [0.25, 0.3) is 0 Å². The Labute approximate surface area is 102 Å². The molecule has 0 heterocycles. The first-order chi connectivity index (χ1) is 8.18. The minimum absolute atomic E-state index is 0.0195. The molecule has 0 aliphatic heterocycles. The Hall–Kier alpha value is -1.41. The number of hydrogen-bond donors (Lipinski definition) is 1. The molecule has 0 fully saturated rings. The number of carbonyl (C=O) groups excluding carboxylic acids is 1. The molecule has 0 saturated carbocycles. The summed E-state index contributed by atoms with van der Waals surface area (Å²) in [7, 11) is 0. The van der Waals surface area contributed by atoms with Crippen LogP contribution in [0.5, 0.6) is 0 Å². The van der Waals surface area contributed by atoms with Crippen LogP contribution >= 0.6 is 0 Å². The third-order valence-electron chi connectivity index (χ3n) is 3.43. The van der Waals surface area contributed by atoms with E-state index in [4.69, 9.17) is 0 Å². The van der Waals surface area contributed by atoms with Crippen molar-refractivity contribution in [2.45, 2.75) is 32.3 Å². The van der Waals surface area contributed by atoms with Crippen LogP contribution in [-0.2, 0) is 4.79 Å². The van der Waals surface area contributed by atoms with Gasteiger partial charge in [-0.25, -0.2) is 0 Å². The molecule has 1 aromatic carbocycles. The van der Waals surface area contributed by atoms with Crippen molar-refractivity contribution in [2.24, 2.45) is 5.92 Å². The highest BCUT2D eigenvalue weighted by Gasteiger charge is 2.27. The van der Waals surface area contributed by atoms with Gasteiger partial charge in [-0.05, 0) is 31.7 Å². The zero-order chi connectivity index (χ0) is 12.3. The standard InChI is InChI=1S/C15H18O2/c1-11-7-9-13(10-8-11)15(17)14(16)12-5-3-2-4-6-12/h2-7,13-14,16H,8-10H2,1H3/t13-,14+/m1/s1. The van der Waals surface area contributed by atoms with Gasteiger partial charge >= 0.3 is 0 Å². The molecule has 2 nitrogen and oxygen atoms in total. The fraction of sp³-hybridized carbons (Fsp3) is 0.400. The number of aliphatic hydroxyl groups is 1. The second kappa shape index (κ2) is 5.28. The smallest absolute Gasteiger partial charge is 0.169 e. The van der Waals surface area contributed by atoms with Gasteiger partial charge in [0.1, 0.15) is 6.10 Å². The number of hydrogen-bond acceptors (Lipinski definition) is 2. The molecule has 2 atom stereocenters. The molecule has 1 aliphatic carbocycles. The molecular weight excluding hydrogens is 212 g/mol. The third-order valence-corrected chi connectivity index (χ3v) is 3.43. The van der Waals surface area contributed by atoms with E-state index in [1.165, 1.54) is 5.57 Å². The number of rotatable bonds is 3. The van der Waals surface area contributed by atoms with E-state index in [0.29, 0.717) is 5.56 Å². The highest BCUT2D eigenvalue weighted by molar-refractivity contribution is 5.86. The van der Waals surface area contributed by atoms with Crippen molar-refractivity contribution in [2.75, 3.05) is 0 Å². The number of carbonyl (C=O) groups is 1. The molecule has 0 saturated heterocycles. The first kappa shape index (κ1) is 12.1. The summed E-state index contributed by atoms with van der Waals surface area (Å²) in [4.78, 5) is 12.1. The SMILES string of the molecule is CC1=CC[C@@H](C(=O)[C@@H](O)c2ccccc2)CC1. The van der Waals surface area contributed by atoms with Gasteiger partial charge in [-0.2, -0.15) is 0 Å². The molecule has 2 rings (SSSR count). The Balaban J connectivity index is 2.06. The Morgan fingerprint density at radius 3 is 2.65 bits per heavy atom. The summed E-state index contributed by atoms with van der Waals surface area (Å²) in [5.74, 6) is -0.0612. The summed E-state index contributed by atoms with van der Waals surface area (Å²) in [6.45, 7) is 2.09. The van der Waals surface area contributed by atoms with Gasteiger partial charge in [0.25, 0.3) is 0 Å². The lowest BCUT2D eigenvalue weighted by Gasteiger charge is -2.22. The second-order valence-electron chi connectivity index (χ2n) is 4.74. The minimum atomic E-state index is -0.965. The molecule has 0 unspecified atom stereocenters. The van der Waals surface area contributed by atoms with Gasteiger partial charge in [-0.3, -0.25) is 4.79 Å². The van der Waals surface area contributed by atoms with Crippen molar-refractivity contribution in [1.29, 1.82) is 0 Å². The van der Waals surface area contributed by atoms with E-state index >= 15 is 0 Å². The molecule has 17 heavy (non-hydrogen) atoms. The molecule has 90 valence electrons. The van der Waals surface area contributed by atoms with Crippen LogP contribution in [0.2, 0.25) is 0 Å². The van der Waals surface area contributed by atoms with Gasteiger partial charge in [0.05, 0.1) is 0 Å². The number of Topliss-reactive ketones (excluding diaryl/α,β-unsaturated/α-hetero) is 1. The molecule has 0 spiro atoms. The van der Waals surface area contributed by atoms with Crippen LogP contribution in [0.1, 0.15) is 37.9 Å². The molecule has 1 aliphatic rings. The molecule has 0 amide bonds. The van der Waals surface area contributed by atoms with Crippen molar-refractivity contribution < 1.29 is 9.90 Å². The van der Waals surface area contributed by atoms with Crippen molar-refractivity contribution in [3.05, 3.63) is 47.5 Å². The van der Waals surface area contributed by atoms with Crippen molar-refractivity contribution in [3.8, 4) is 0 Å². The topological polar surface area (TPSA) is 37.3 Å². The molecule has 2 heteroatoms. The molecular formula is C15H18O2. The first-order valence-electron chi connectivity index (χ1n) is 6.11. The highest BCUT2D eigenvalue weighted by atomic mass is 16.3. The maximum Gasteiger partial charge on any atom is 0.169 e. The second-order valence-corrected chi connectivity index (χ2v) is 4.74. The van der Waals surface area contributed by atoms with Crippen LogP contribution in [0.4, 0.5) is 0 Å². The van der Waals surface area contributed by atoms with Crippen molar-refractivity contribution >= 4 is 5.78 Å². The lowest BCUT2D eigenvalue weighted by atomic mass is 9.84. The van der Waals surface area contributed by atoms with E-state index in [2.05, 4.69) is 13.0 Å². The van der Waals surface area contributed by atoms with E-state index in [1.807, 2.05) is 18.2 Å². The molecule has 1 N–H and O–H groups in total. The first-order valence-corrected chi connectivity index (χ1v) is 6.11. The van der Waals surface area contributed by atoms with Crippen LogP contribution in [0.3, 0.4) is 0 Å². The highest BCUT2D eigenvalue weighted by Crippen LogP contribution is 2.28. The predicted octanol–water partition coefficient (Wildman–Crippen LogP) is 3.04. The van der Waals surface area contributed by atoms with E-state index in [-0.39, 0.29) is 11.7 Å². The monoisotopic (exact) mass is 230 g/mol. The van der Waals surface area contributed by atoms with E-state index in [9.17, 15) is 9.90 Å². The van der Waals surface area contributed by atoms with Gasteiger partial charge in [0, 0.05) is 5.92 Å². The van der Waals surface area contributed by atoms with Crippen LogP contribution < -0.4 is 0 Å². The third kappa shape index (κ3) is 2.83. The average Bonchev–Trinajstić information content (AvgIpc) is 2.39. The molecule has 0 aromatic heterocycles. The number of aliphatic hydroxyl groups excluding tert-OH is 1. The largest absolute Gasteiger partial charge is 0.381 e. The number of allylic oxidation sites excluding steroid dienone is 2. The van der Waals surface area contributed by atoms with Crippen molar-refractivity contribution in [3.63, 3.8) is 0 Å². The zero-order valence-corrected chi connectivity index (χ0v) is 10.1. The van der Waals surface area contributed by atoms with Crippen LogP contribution in [0, 0.1) is 5.92 Å². The van der Waals surface area contributed by atoms with Gasteiger partial charge in [-0.15, -0.1) is 0 Å². The normalized spacial score (nSPS) is 21.8. The van der Waals surface area contributed by atoms with Gasteiger partial charge in [0.15, 0.2) is 5.78 Å². The lowest BCUT2D eigenvalue weighted by Crippen LogP contribution is -2.23. The summed E-state index contributed by atoms with van der Waals surface area (Å²) in [5, 5.41) is 10.0. The number of ketones is 1. The summed E-state index contributed by atoms with van der Waals surface area (Å²) in [5.41, 5.74) is 2.05. The summed E-state index contributed by atoms with van der Waals surface area (Å²) in [6, 6.07) is 9.17. The molecule has 1 aromatic rings. The molecule has 0 bridgehead atoms. The fourth-order valence-electron chi connectivity index (χ4n) is 2.25. The lowest BCUT2D eigenvalue weighted by molar-refractivity contribution is -0.131. The average molecular weight is 230 g/mol. The van der Waals surface area contributed by atoms with Crippen molar-refractivity contribution in [1.82, 2.24) is 0 Å². The van der Waals surface area contributed by atoms with Crippen LogP contribution in [-0.4, -0.2) is 10.9 Å². The van der Waals surface area contributed by atoms with E-state index in [0.717, 1.165) is 19.3 Å². The maximum absolute atomic E-state index is 12.1. The Kier molecular flexibility index (Phi) is 3.75. The summed E-state index contributed by atoms with van der Waals surface area (Å²) in [6.07, 6.45) is 3.76. The summed E-state index contributed by atoms with van der Waals surface area (Å²) < 4.78 is 0. The summed E-state index contributed by atoms with van der Waals surface area (Å²) >= 11 is 0. The zero-order valence-electron chi connectivity index (χ0n) is 10.1. The van der Waals surface area contributed by atoms with Gasteiger partial charge in [-0.1, -0.05) is 42.0 Å². The maximum atomic E-state index is 12.1. The Morgan fingerprint density at radius 1 is 1.35 bits per heavy atom. The Morgan fingerprint density at radius 2 is 2.06 bits per heavy atom. The molecule has 0 radical (unpaired) electrons. The quantitative estimate of drug-likeness (QED) is 0.810. The van der Waals surface area contributed by atoms with Crippen LogP contribution in [0.15, 0.2) is 42.0 Å².